The molecule has 3 aliphatic heterocycles. The molecule has 0 amide bonds. The van der Waals surface area contributed by atoms with Gasteiger partial charge in [0.05, 0.1) is 28.2 Å². The third kappa shape index (κ3) is 3.37. The van der Waals surface area contributed by atoms with Gasteiger partial charge in [-0.25, -0.2) is 9.78 Å². The lowest BCUT2D eigenvalue weighted by molar-refractivity contribution is -0.211. The number of ether oxygens (including phenoxy) is 1. The van der Waals surface area contributed by atoms with Gasteiger partial charge in [-0.05, 0) is 74.1 Å². The molecule has 8 nitrogen and oxygen atoms in total. The molecule has 0 saturated heterocycles. The predicted molar refractivity (Wildman–Crippen MR) is 158 cm³/mol. The summed E-state index contributed by atoms with van der Waals surface area (Å²) in [6.07, 6.45) is 3.21. The molecular formula is C33H32N4O4. The van der Waals surface area contributed by atoms with Gasteiger partial charge in [0, 0.05) is 51.6 Å². The number of esters is 1. The Bertz CT molecular complexity index is 1940. The quantitative estimate of drug-likeness (QED) is 0.337. The molecule has 6 heterocycles. The maximum absolute atomic E-state index is 13.4. The first kappa shape index (κ1) is 25.7. The van der Waals surface area contributed by atoms with Gasteiger partial charge in [0.15, 0.2) is 0 Å². The SMILES string of the molecule is C=Cc1c(C)c2cc3nc4c5c6nc(cc7[nH]c(cc1[nH]2)c(C)c7CC)C(C)=C6C(=O)OC5(O)C(=O)CCC4C3C. The van der Waals surface area contributed by atoms with Gasteiger partial charge in [0.1, 0.15) is 0 Å². The predicted octanol–water partition coefficient (Wildman–Crippen LogP) is 6.02. The number of H-pyrrole nitrogens is 2. The Balaban J connectivity index is 1.73. The van der Waals surface area contributed by atoms with E-state index in [4.69, 9.17) is 14.7 Å². The molecule has 4 aliphatic rings. The lowest BCUT2D eigenvalue weighted by Crippen LogP contribution is -2.44. The van der Waals surface area contributed by atoms with Crippen LogP contribution in [0.2, 0.25) is 0 Å². The first-order valence-corrected chi connectivity index (χ1v) is 14.2. The van der Waals surface area contributed by atoms with E-state index in [-0.39, 0.29) is 35.1 Å². The number of carbonyl (C=O) groups excluding carboxylic acids is 2. The van der Waals surface area contributed by atoms with Crippen LogP contribution in [0.15, 0.2) is 24.8 Å². The fourth-order valence-corrected chi connectivity index (χ4v) is 7.04. The third-order valence-electron chi connectivity index (χ3n) is 9.47. The van der Waals surface area contributed by atoms with E-state index in [1.54, 1.807) is 0 Å². The molecule has 3 atom stereocenters. The zero-order valence-electron chi connectivity index (χ0n) is 23.9. The second-order valence-corrected chi connectivity index (χ2v) is 11.6. The third-order valence-corrected chi connectivity index (χ3v) is 9.47. The number of nitrogens with zero attached hydrogens (tertiary/aromatic N) is 2. The summed E-state index contributed by atoms with van der Waals surface area (Å²) in [4.78, 5) is 43.8. The highest BCUT2D eigenvalue weighted by Crippen LogP contribution is 2.51. The second kappa shape index (κ2) is 8.60. The summed E-state index contributed by atoms with van der Waals surface area (Å²) < 4.78 is 5.60. The van der Waals surface area contributed by atoms with Gasteiger partial charge >= 0.3 is 11.8 Å². The van der Waals surface area contributed by atoms with Crippen molar-refractivity contribution >= 4 is 51.0 Å². The second-order valence-electron chi connectivity index (χ2n) is 11.6. The molecular weight excluding hydrogens is 516 g/mol. The number of rotatable bonds is 2. The van der Waals surface area contributed by atoms with Crippen LogP contribution in [-0.4, -0.2) is 36.8 Å². The van der Waals surface area contributed by atoms with E-state index in [2.05, 4.69) is 50.3 Å². The topological polar surface area (TPSA) is 121 Å². The minimum absolute atomic E-state index is 0.0336. The number of ketones is 1. The van der Waals surface area contributed by atoms with E-state index in [9.17, 15) is 14.7 Å². The number of fused-ring (bicyclic) bond motifs is 6. The largest absolute Gasteiger partial charge is 0.417 e. The number of hydrogen-bond donors (Lipinski definition) is 3. The van der Waals surface area contributed by atoms with Crippen LogP contribution < -0.4 is 0 Å². The standard InChI is InChI=1S/C33H32N4O4/c1-7-18-14(3)21-11-23-16(5)20-9-10-27(38)33(40)29(30(20)36-23)31-28(32(39)41-33)17(6)24(37-31)13-26-19(8-2)15(4)22(35-26)12-25(18)34-21/h7,11-13,16,20,34-35,40H,1,8-10H2,2-6H3. The number of aryl methyl sites for hydroxylation is 3. The summed E-state index contributed by atoms with van der Waals surface area (Å²) >= 11 is 0. The van der Waals surface area contributed by atoms with Crippen molar-refractivity contribution in [3.05, 3.63) is 75.4 Å². The van der Waals surface area contributed by atoms with Crippen LogP contribution in [0, 0.1) is 13.8 Å². The van der Waals surface area contributed by atoms with Crippen molar-refractivity contribution in [1.82, 2.24) is 19.9 Å². The van der Waals surface area contributed by atoms with Crippen LogP contribution in [0.25, 0.3) is 39.3 Å². The molecule has 3 aromatic heterocycles. The number of allylic oxidation sites excluding steroid dienone is 1. The normalized spacial score (nSPS) is 23.2. The summed E-state index contributed by atoms with van der Waals surface area (Å²) in [6.45, 7) is 14.3. The minimum atomic E-state index is -2.42. The molecule has 3 unspecified atom stereocenters. The Kier molecular flexibility index (Phi) is 5.38. The molecule has 0 saturated carbocycles. The number of aromatic amines is 2. The first-order valence-electron chi connectivity index (χ1n) is 14.2. The van der Waals surface area contributed by atoms with Crippen molar-refractivity contribution in [1.29, 1.82) is 0 Å². The average molecular weight is 549 g/mol. The van der Waals surface area contributed by atoms with E-state index in [0.29, 0.717) is 23.4 Å². The van der Waals surface area contributed by atoms with E-state index in [0.717, 1.165) is 56.4 Å². The van der Waals surface area contributed by atoms with E-state index in [1.165, 1.54) is 0 Å². The Hall–Kier alpha value is -4.30. The molecule has 0 aromatic carbocycles. The van der Waals surface area contributed by atoms with Crippen molar-refractivity contribution in [2.45, 2.75) is 71.5 Å². The van der Waals surface area contributed by atoms with Crippen molar-refractivity contribution in [2.24, 2.45) is 0 Å². The maximum Gasteiger partial charge on any atom is 0.343 e. The molecule has 3 N–H and O–H groups in total. The van der Waals surface area contributed by atoms with Crippen molar-refractivity contribution in [2.75, 3.05) is 0 Å². The molecule has 0 fully saturated rings. The number of carbonyl (C=O) groups is 2. The van der Waals surface area contributed by atoms with Gasteiger partial charge in [-0.3, -0.25) is 9.78 Å². The van der Waals surface area contributed by atoms with Crippen LogP contribution in [0.1, 0.15) is 96.0 Å². The molecule has 1 aliphatic carbocycles. The lowest BCUT2D eigenvalue weighted by atomic mass is 9.85. The highest BCUT2D eigenvalue weighted by Gasteiger charge is 2.55. The summed E-state index contributed by atoms with van der Waals surface area (Å²) in [5, 5.41) is 11.8. The molecule has 208 valence electrons. The zero-order chi connectivity index (χ0) is 29.0. The van der Waals surface area contributed by atoms with Gasteiger partial charge < -0.3 is 19.8 Å². The van der Waals surface area contributed by atoms with Gasteiger partial charge in [-0.2, -0.15) is 0 Å². The minimum Gasteiger partial charge on any atom is -0.417 e. The van der Waals surface area contributed by atoms with Crippen molar-refractivity contribution < 1.29 is 19.4 Å². The summed E-state index contributed by atoms with van der Waals surface area (Å²) in [7, 11) is 0. The number of hydrogen-bond acceptors (Lipinski definition) is 6. The van der Waals surface area contributed by atoms with Crippen molar-refractivity contribution in [3.8, 4) is 0 Å². The Morgan fingerprint density at radius 1 is 1.07 bits per heavy atom. The average Bonchev–Trinajstić information content (AvgIpc) is 3.58. The number of aromatic nitrogens is 4. The molecule has 0 radical (unpaired) electrons. The molecule has 41 heavy (non-hydrogen) atoms. The first-order chi connectivity index (χ1) is 19.6. The lowest BCUT2D eigenvalue weighted by Gasteiger charge is -2.31. The fourth-order valence-electron chi connectivity index (χ4n) is 7.04. The smallest absolute Gasteiger partial charge is 0.343 e. The molecule has 8 bridgehead atoms. The van der Waals surface area contributed by atoms with E-state index >= 15 is 0 Å². The summed E-state index contributed by atoms with van der Waals surface area (Å²) in [5.41, 5.74) is 11.4. The van der Waals surface area contributed by atoms with E-state index in [1.807, 2.05) is 25.1 Å². The van der Waals surface area contributed by atoms with Crippen molar-refractivity contribution in [3.63, 3.8) is 0 Å². The fraction of sp³-hybridized carbons (Fsp3) is 0.333. The number of aliphatic hydroxyl groups is 1. The van der Waals surface area contributed by atoms with Crippen LogP contribution in [0.3, 0.4) is 0 Å². The summed E-state index contributed by atoms with van der Waals surface area (Å²) in [6, 6.07) is 6.10. The Labute approximate surface area is 237 Å². The Morgan fingerprint density at radius 3 is 2.54 bits per heavy atom. The van der Waals surface area contributed by atoms with Gasteiger partial charge in [-0.15, -0.1) is 0 Å². The molecule has 7 rings (SSSR count). The molecule has 8 heteroatoms. The molecule has 3 aromatic rings. The van der Waals surface area contributed by atoms with Gasteiger partial charge in [-0.1, -0.05) is 26.5 Å². The molecule has 0 spiro atoms. The maximum atomic E-state index is 13.4. The highest BCUT2D eigenvalue weighted by atomic mass is 16.7. The van der Waals surface area contributed by atoms with Gasteiger partial charge in [0.25, 0.3) is 0 Å². The summed E-state index contributed by atoms with van der Waals surface area (Å²) in [5.74, 6) is -3.89. The Morgan fingerprint density at radius 2 is 1.80 bits per heavy atom. The number of nitrogens with one attached hydrogen (secondary N) is 2. The van der Waals surface area contributed by atoms with E-state index < -0.39 is 17.5 Å². The van der Waals surface area contributed by atoms with Gasteiger partial charge in [0.2, 0.25) is 5.78 Å². The van der Waals surface area contributed by atoms with Crippen LogP contribution in [0.4, 0.5) is 0 Å². The monoisotopic (exact) mass is 548 g/mol. The van der Waals surface area contributed by atoms with Crippen LogP contribution >= 0.6 is 0 Å². The zero-order valence-corrected chi connectivity index (χ0v) is 23.9. The van der Waals surface area contributed by atoms with Crippen LogP contribution in [0.5, 0.6) is 0 Å². The number of Topliss-reactive ketones (excluding diaryl/α,β-unsaturated/α-hetero) is 1. The van der Waals surface area contributed by atoms with Crippen LogP contribution in [-0.2, 0) is 26.5 Å². The highest BCUT2D eigenvalue weighted by molar-refractivity contribution is 6.27.